The van der Waals surface area contributed by atoms with Gasteiger partial charge in [-0.25, -0.2) is 0 Å². The molecule has 1 aliphatic carbocycles. The van der Waals surface area contributed by atoms with E-state index in [0.717, 1.165) is 59.3 Å². The lowest BCUT2D eigenvalue weighted by atomic mass is 9.88. The third-order valence-corrected chi connectivity index (χ3v) is 6.30. The Morgan fingerprint density at radius 1 is 0.938 bits per heavy atom. The second kappa shape index (κ2) is 10.3. The lowest BCUT2D eigenvalue weighted by molar-refractivity contribution is -0.123. The zero-order valence-corrected chi connectivity index (χ0v) is 18.8. The number of amides is 1. The molecule has 1 fully saturated rings. The molecule has 3 aromatic rings. The number of carbonyl (C=O) groups excluding carboxylic acids is 1. The first kappa shape index (κ1) is 21.9. The maximum absolute atomic E-state index is 13.6. The number of hydrogen-bond donors (Lipinski definition) is 1. The number of nitrogens with zero attached hydrogens (tertiary/aromatic N) is 1. The van der Waals surface area contributed by atoms with E-state index in [0.29, 0.717) is 6.54 Å². The first-order chi connectivity index (χ1) is 15.6. The molecule has 0 heterocycles. The van der Waals surface area contributed by atoms with E-state index in [9.17, 15) is 4.79 Å². The molecule has 1 amide bonds. The van der Waals surface area contributed by atoms with Crippen molar-refractivity contribution in [1.82, 2.24) is 0 Å². The van der Waals surface area contributed by atoms with Crippen molar-refractivity contribution in [3.8, 4) is 11.1 Å². The molecule has 32 heavy (non-hydrogen) atoms. The van der Waals surface area contributed by atoms with E-state index in [-0.39, 0.29) is 11.8 Å². The molecule has 0 bridgehead atoms. The molecular weight excluding hydrogens is 392 g/mol. The van der Waals surface area contributed by atoms with Gasteiger partial charge in [-0.3, -0.25) is 4.79 Å². The monoisotopic (exact) mass is 424 g/mol. The van der Waals surface area contributed by atoms with Gasteiger partial charge in [-0.15, -0.1) is 0 Å². The molecular formula is C29H32N2O. The number of benzene rings is 3. The highest BCUT2D eigenvalue weighted by Gasteiger charge is 2.27. The maximum atomic E-state index is 13.6. The predicted molar refractivity (Wildman–Crippen MR) is 135 cm³/mol. The zero-order chi connectivity index (χ0) is 22.3. The Morgan fingerprint density at radius 3 is 2.25 bits per heavy atom. The number of allylic oxidation sites excluding steroid dienone is 1. The van der Waals surface area contributed by atoms with Crippen LogP contribution in [0.3, 0.4) is 0 Å². The summed E-state index contributed by atoms with van der Waals surface area (Å²) in [5.74, 6) is 0.383. The highest BCUT2D eigenvalue weighted by molar-refractivity contribution is 5.95. The second-order valence-electron chi connectivity index (χ2n) is 8.67. The topological polar surface area (TPSA) is 46.3 Å². The number of nitrogen functional groups attached to an aromatic ring is 1. The molecule has 3 nitrogen and oxygen atoms in total. The van der Waals surface area contributed by atoms with Crippen LogP contribution in [-0.4, -0.2) is 5.91 Å². The van der Waals surface area contributed by atoms with Gasteiger partial charge in [0.2, 0.25) is 5.91 Å². The Bertz CT molecular complexity index is 1060. The molecule has 0 atom stereocenters. The van der Waals surface area contributed by atoms with E-state index in [4.69, 9.17) is 5.73 Å². The normalized spacial score (nSPS) is 14.5. The Labute approximate surface area is 191 Å². The predicted octanol–water partition coefficient (Wildman–Crippen LogP) is 7.08. The quantitative estimate of drug-likeness (QED) is 0.430. The van der Waals surface area contributed by atoms with Crippen molar-refractivity contribution in [2.24, 2.45) is 5.92 Å². The highest BCUT2D eigenvalue weighted by Crippen LogP contribution is 2.30. The van der Waals surface area contributed by atoms with Crippen molar-refractivity contribution >= 4 is 23.4 Å². The molecule has 0 spiro atoms. The van der Waals surface area contributed by atoms with E-state index < -0.39 is 0 Å². The average molecular weight is 425 g/mol. The molecule has 0 aromatic heterocycles. The van der Waals surface area contributed by atoms with Gasteiger partial charge >= 0.3 is 0 Å². The molecule has 2 N–H and O–H groups in total. The van der Waals surface area contributed by atoms with Gasteiger partial charge in [0.1, 0.15) is 0 Å². The van der Waals surface area contributed by atoms with Crippen LogP contribution in [0.4, 0.5) is 11.4 Å². The minimum Gasteiger partial charge on any atom is -0.399 e. The Balaban J connectivity index is 1.60. The summed E-state index contributed by atoms with van der Waals surface area (Å²) < 4.78 is 0. The van der Waals surface area contributed by atoms with Crippen LogP contribution in [0, 0.1) is 5.92 Å². The van der Waals surface area contributed by atoms with E-state index in [1.165, 1.54) is 6.42 Å². The van der Waals surface area contributed by atoms with Crippen LogP contribution in [0.5, 0.6) is 0 Å². The molecule has 164 valence electrons. The van der Waals surface area contributed by atoms with Gasteiger partial charge in [0, 0.05) is 17.3 Å². The molecule has 4 rings (SSSR count). The summed E-state index contributed by atoms with van der Waals surface area (Å²) in [7, 11) is 0. The van der Waals surface area contributed by atoms with Crippen molar-refractivity contribution in [2.75, 3.05) is 10.6 Å². The third-order valence-electron chi connectivity index (χ3n) is 6.30. The van der Waals surface area contributed by atoms with E-state index in [1.54, 1.807) is 0 Å². The third kappa shape index (κ3) is 5.28. The molecule has 0 aliphatic heterocycles. The fraction of sp³-hybridized carbons (Fsp3) is 0.276. The summed E-state index contributed by atoms with van der Waals surface area (Å²) in [5, 5.41) is 0. The SMILES string of the molecule is C/C=C/c1cccc(N(Cc2ccc(-c3ccc(N)cc3)cc2)C(=O)C2CCCCC2)c1. The van der Waals surface area contributed by atoms with Crippen molar-refractivity contribution in [3.63, 3.8) is 0 Å². The fourth-order valence-corrected chi connectivity index (χ4v) is 4.52. The van der Waals surface area contributed by atoms with Gasteiger partial charge in [-0.2, -0.15) is 0 Å². The van der Waals surface area contributed by atoms with Crippen LogP contribution in [0.2, 0.25) is 0 Å². The number of rotatable bonds is 6. The lowest BCUT2D eigenvalue weighted by Gasteiger charge is -2.30. The minimum atomic E-state index is 0.128. The Morgan fingerprint density at radius 2 is 1.59 bits per heavy atom. The van der Waals surface area contributed by atoms with Crippen molar-refractivity contribution in [1.29, 1.82) is 0 Å². The average Bonchev–Trinajstić information content (AvgIpc) is 2.84. The Kier molecular flexibility index (Phi) is 7.06. The van der Waals surface area contributed by atoms with Crippen LogP contribution >= 0.6 is 0 Å². The van der Waals surface area contributed by atoms with Crippen LogP contribution < -0.4 is 10.6 Å². The van der Waals surface area contributed by atoms with Crippen LogP contribution in [0.25, 0.3) is 17.2 Å². The second-order valence-corrected chi connectivity index (χ2v) is 8.67. The summed E-state index contributed by atoms with van der Waals surface area (Å²) >= 11 is 0. The number of anilines is 2. The standard InChI is InChI=1S/C29H32N2O/c1-2-7-22-8-6-11-28(20-22)31(29(32)26-9-4-3-5-10-26)21-23-12-14-24(15-13-23)25-16-18-27(30)19-17-25/h2,6-8,11-20,26H,3-5,9-10,21,30H2,1H3/b7-2+. The first-order valence-corrected chi connectivity index (χ1v) is 11.6. The van der Waals surface area contributed by atoms with Gasteiger partial charge in [0.25, 0.3) is 0 Å². The first-order valence-electron chi connectivity index (χ1n) is 11.6. The summed E-state index contributed by atoms with van der Waals surface area (Å²) in [6, 6.07) is 24.7. The van der Waals surface area contributed by atoms with Gasteiger partial charge in [-0.05, 0) is 66.3 Å². The van der Waals surface area contributed by atoms with Gasteiger partial charge in [-0.1, -0.05) is 79.9 Å². The van der Waals surface area contributed by atoms with Crippen molar-refractivity contribution < 1.29 is 4.79 Å². The zero-order valence-electron chi connectivity index (χ0n) is 18.8. The van der Waals surface area contributed by atoms with Crippen molar-refractivity contribution in [2.45, 2.75) is 45.6 Å². The summed E-state index contributed by atoms with van der Waals surface area (Å²) in [5.41, 5.74) is 12.1. The van der Waals surface area contributed by atoms with Gasteiger partial charge in [0.15, 0.2) is 0 Å². The minimum absolute atomic E-state index is 0.128. The maximum Gasteiger partial charge on any atom is 0.230 e. The highest BCUT2D eigenvalue weighted by atomic mass is 16.2. The van der Waals surface area contributed by atoms with E-state index >= 15 is 0 Å². The molecule has 0 radical (unpaired) electrons. The van der Waals surface area contributed by atoms with Gasteiger partial charge in [0.05, 0.1) is 6.54 Å². The molecule has 3 aromatic carbocycles. The van der Waals surface area contributed by atoms with E-state index in [1.807, 2.05) is 48.2 Å². The lowest BCUT2D eigenvalue weighted by Crippen LogP contribution is -2.36. The smallest absolute Gasteiger partial charge is 0.230 e. The molecule has 1 saturated carbocycles. The van der Waals surface area contributed by atoms with Crippen LogP contribution in [0.15, 0.2) is 78.9 Å². The summed E-state index contributed by atoms with van der Waals surface area (Å²) in [4.78, 5) is 15.6. The summed E-state index contributed by atoms with van der Waals surface area (Å²) in [6.45, 7) is 2.59. The molecule has 3 heteroatoms. The fourth-order valence-electron chi connectivity index (χ4n) is 4.52. The van der Waals surface area contributed by atoms with E-state index in [2.05, 4.69) is 48.5 Å². The molecule has 0 saturated heterocycles. The molecule has 1 aliphatic rings. The number of nitrogens with two attached hydrogens (primary N) is 1. The summed E-state index contributed by atoms with van der Waals surface area (Å²) in [6.07, 6.45) is 9.65. The van der Waals surface area contributed by atoms with Gasteiger partial charge < -0.3 is 10.6 Å². The number of carbonyl (C=O) groups is 1. The number of hydrogen-bond acceptors (Lipinski definition) is 2. The van der Waals surface area contributed by atoms with Crippen LogP contribution in [0.1, 0.15) is 50.2 Å². The molecule has 0 unspecified atom stereocenters. The largest absolute Gasteiger partial charge is 0.399 e. The van der Waals surface area contributed by atoms with Crippen LogP contribution in [-0.2, 0) is 11.3 Å². The van der Waals surface area contributed by atoms with Crippen molar-refractivity contribution in [3.05, 3.63) is 90.0 Å². The Hall–Kier alpha value is -3.33.